The van der Waals surface area contributed by atoms with Gasteiger partial charge in [-0.15, -0.1) is 13.2 Å². The van der Waals surface area contributed by atoms with Crippen LogP contribution in [-0.2, 0) is 28.7 Å². The van der Waals surface area contributed by atoms with Gasteiger partial charge in [0.15, 0.2) is 11.9 Å². The maximum atomic E-state index is 13.8. The van der Waals surface area contributed by atoms with E-state index in [-0.39, 0.29) is 43.3 Å². The Morgan fingerprint density at radius 1 is 1.07 bits per heavy atom. The van der Waals surface area contributed by atoms with Crippen LogP contribution >= 0.6 is 0 Å². The summed E-state index contributed by atoms with van der Waals surface area (Å²) in [5.41, 5.74) is -0.262. The van der Waals surface area contributed by atoms with Gasteiger partial charge in [0.25, 0.3) is 5.91 Å². The van der Waals surface area contributed by atoms with Gasteiger partial charge in [0, 0.05) is 19.1 Å². The smallest absolute Gasteiger partial charge is 0.436 e. The van der Waals surface area contributed by atoms with Gasteiger partial charge in [-0.25, -0.2) is 4.79 Å². The zero-order chi connectivity index (χ0) is 31.5. The second kappa shape index (κ2) is 13.4. The van der Waals surface area contributed by atoms with Crippen molar-refractivity contribution in [3.63, 3.8) is 0 Å². The van der Waals surface area contributed by atoms with E-state index in [1.54, 1.807) is 0 Å². The standard InChI is InChI=1S/C29H43F3N4O7/c1-16(2)13-21(42-27(41)35-18-7-5-4-6-8-18)26(40)36-15-28(10-11-28)14-20(36)25(39)34-17(3)22(37)23(43-29(30,31)32)19-9-12-33-24(19)38/h16-21,23H,4-15H2,1-3H3,(H,33,38)(H,34,39)(H,35,41)/t17?,19-,20-,21+,23-/m0/s1. The Morgan fingerprint density at radius 2 is 1.74 bits per heavy atom. The van der Waals surface area contributed by atoms with E-state index in [2.05, 4.69) is 20.7 Å². The lowest BCUT2D eigenvalue weighted by Crippen LogP contribution is -2.55. The molecule has 2 heterocycles. The molecule has 0 bridgehead atoms. The highest BCUT2D eigenvalue weighted by Crippen LogP contribution is 2.55. The predicted molar refractivity (Wildman–Crippen MR) is 146 cm³/mol. The molecule has 0 aromatic heterocycles. The van der Waals surface area contributed by atoms with Gasteiger partial charge in [-0.3, -0.25) is 23.9 Å². The Hall–Kier alpha value is -2.90. The molecule has 4 amide bonds. The average molecular weight is 617 g/mol. The molecule has 5 atom stereocenters. The Labute approximate surface area is 249 Å². The lowest BCUT2D eigenvalue weighted by molar-refractivity contribution is -0.341. The number of amides is 4. The summed E-state index contributed by atoms with van der Waals surface area (Å²) in [5.74, 6) is -4.39. The molecule has 0 radical (unpaired) electrons. The first-order chi connectivity index (χ1) is 20.2. The largest absolute Gasteiger partial charge is 0.523 e. The Morgan fingerprint density at radius 3 is 2.30 bits per heavy atom. The van der Waals surface area contributed by atoms with Crippen LogP contribution < -0.4 is 16.0 Å². The third kappa shape index (κ3) is 8.60. The number of alkyl halides is 3. The molecule has 2 saturated carbocycles. The highest BCUT2D eigenvalue weighted by Gasteiger charge is 2.56. The van der Waals surface area contributed by atoms with Gasteiger partial charge < -0.3 is 25.6 Å². The normalized spacial score (nSPS) is 25.7. The Balaban J connectivity index is 1.45. The minimum atomic E-state index is -5.17. The number of ether oxygens (including phenoxy) is 2. The van der Waals surface area contributed by atoms with Crippen LogP contribution in [-0.4, -0.2) is 84.3 Å². The summed E-state index contributed by atoms with van der Waals surface area (Å²) >= 11 is 0. The van der Waals surface area contributed by atoms with Crippen LogP contribution in [0.4, 0.5) is 18.0 Å². The first kappa shape index (κ1) is 33.0. The number of rotatable bonds is 11. The van der Waals surface area contributed by atoms with E-state index in [9.17, 15) is 37.1 Å². The minimum Gasteiger partial charge on any atom is -0.436 e. The van der Waals surface area contributed by atoms with Crippen molar-refractivity contribution in [2.45, 2.75) is 122 Å². The van der Waals surface area contributed by atoms with Crippen LogP contribution in [0.1, 0.15) is 85.0 Å². The van der Waals surface area contributed by atoms with Crippen molar-refractivity contribution in [2.24, 2.45) is 17.3 Å². The number of ketones is 1. The lowest BCUT2D eigenvalue weighted by atomic mass is 9.93. The van der Waals surface area contributed by atoms with Crippen molar-refractivity contribution in [3.05, 3.63) is 0 Å². The third-order valence-corrected chi connectivity index (χ3v) is 8.97. The molecule has 3 N–H and O–H groups in total. The number of carbonyl (C=O) groups is 5. The van der Waals surface area contributed by atoms with Gasteiger partial charge in [0.2, 0.25) is 11.8 Å². The molecular weight excluding hydrogens is 573 g/mol. The van der Waals surface area contributed by atoms with Crippen molar-refractivity contribution in [1.29, 1.82) is 0 Å². The number of nitrogens with one attached hydrogen (secondary N) is 3. The molecule has 4 fully saturated rings. The lowest BCUT2D eigenvalue weighted by Gasteiger charge is -2.31. The van der Waals surface area contributed by atoms with E-state index in [0.29, 0.717) is 6.42 Å². The number of carbonyl (C=O) groups excluding carboxylic acids is 5. The fourth-order valence-electron chi connectivity index (χ4n) is 6.46. The van der Waals surface area contributed by atoms with Crippen LogP contribution in [0.15, 0.2) is 0 Å². The second-order valence-electron chi connectivity index (χ2n) is 13.0. The number of alkyl carbamates (subject to hydrolysis) is 1. The van der Waals surface area contributed by atoms with E-state index < -0.39 is 66.2 Å². The summed E-state index contributed by atoms with van der Waals surface area (Å²) < 4.78 is 49.2. The Kier molecular flexibility index (Phi) is 10.3. The summed E-state index contributed by atoms with van der Waals surface area (Å²) in [6.07, 6.45) is -2.18. The number of Topliss-reactive ketones (excluding diaryl/α,β-unsaturated/α-hetero) is 1. The highest BCUT2D eigenvalue weighted by molar-refractivity contribution is 5.98. The van der Waals surface area contributed by atoms with Crippen LogP contribution in [0.5, 0.6) is 0 Å². The molecule has 1 unspecified atom stereocenters. The van der Waals surface area contributed by atoms with Gasteiger partial charge in [0.05, 0.1) is 12.0 Å². The van der Waals surface area contributed by atoms with Crippen molar-refractivity contribution in [1.82, 2.24) is 20.9 Å². The average Bonchev–Trinajstić information content (AvgIpc) is 3.36. The molecule has 2 aliphatic heterocycles. The van der Waals surface area contributed by atoms with E-state index in [1.165, 1.54) is 11.8 Å². The minimum absolute atomic E-state index is 0.00260. The maximum Gasteiger partial charge on any atom is 0.523 e. The van der Waals surface area contributed by atoms with E-state index >= 15 is 0 Å². The van der Waals surface area contributed by atoms with Gasteiger partial charge in [-0.1, -0.05) is 33.1 Å². The SMILES string of the molecule is CC(C)C[C@@H](OC(=O)NC1CCCCC1)C(=O)N1CC2(CC2)C[C@H]1C(=O)NC(C)C(=O)[C@@H](OC(F)(F)F)[C@@H]1CCNC1=O. The molecule has 242 valence electrons. The predicted octanol–water partition coefficient (Wildman–Crippen LogP) is 2.96. The van der Waals surface area contributed by atoms with Crippen LogP contribution in [0, 0.1) is 17.3 Å². The maximum absolute atomic E-state index is 13.8. The summed E-state index contributed by atoms with van der Waals surface area (Å²) in [6, 6.07) is -2.44. The molecule has 14 heteroatoms. The van der Waals surface area contributed by atoms with Crippen molar-refractivity contribution in [3.8, 4) is 0 Å². The van der Waals surface area contributed by atoms with Crippen molar-refractivity contribution in [2.75, 3.05) is 13.1 Å². The summed E-state index contributed by atoms with van der Waals surface area (Å²) in [6.45, 7) is 5.38. The third-order valence-electron chi connectivity index (χ3n) is 8.97. The molecular formula is C29H43F3N4O7. The number of likely N-dealkylation sites (tertiary alicyclic amines) is 1. The van der Waals surface area contributed by atoms with Crippen LogP contribution in [0.2, 0.25) is 0 Å². The zero-order valence-electron chi connectivity index (χ0n) is 25.0. The molecule has 2 aliphatic carbocycles. The summed E-state index contributed by atoms with van der Waals surface area (Å²) in [7, 11) is 0. The van der Waals surface area contributed by atoms with Crippen molar-refractivity contribution >= 4 is 29.6 Å². The molecule has 4 rings (SSSR count). The van der Waals surface area contributed by atoms with E-state index in [0.717, 1.165) is 44.9 Å². The summed E-state index contributed by atoms with van der Waals surface area (Å²) in [5, 5.41) is 7.72. The molecule has 2 saturated heterocycles. The van der Waals surface area contributed by atoms with Gasteiger partial charge in [-0.05, 0) is 63.2 Å². The molecule has 43 heavy (non-hydrogen) atoms. The fourth-order valence-corrected chi connectivity index (χ4v) is 6.46. The molecule has 0 aromatic rings. The number of hydrogen-bond acceptors (Lipinski definition) is 7. The number of nitrogens with zero attached hydrogens (tertiary/aromatic N) is 1. The quantitative estimate of drug-likeness (QED) is 0.324. The molecule has 1 spiro atoms. The van der Waals surface area contributed by atoms with Crippen molar-refractivity contribution < 1.29 is 46.6 Å². The molecule has 11 nitrogen and oxygen atoms in total. The topological polar surface area (TPSA) is 143 Å². The first-order valence-corrected chi connectivity index (χ1v) is 15.3. The first-order valence-electron chi connectivity index (χ1n) is 15.3. The second-order valence-corrected chi connectivity index (χ2v) is 13.0. The van der Waals surface area contributed by atoms with Gasteiger partial charge >= 0.3 is 12.5 Å². The Bertz CT molecular complexity index is 1070. The molecule has 4 aliphatic rings. The van der Waals surface area contributed by atoms with E-state index in [4.69, 9.17) is 4.74 Å². The van der Waals surface area contributed by atoms with Gasteiger partial charge in [0.1, 0.15) is 12.1 Å². The zero-order valence-corrected chi connectivity index (χ0v) is 25.0. The summed E-state index contributed by atoms with van der Waals surface area (Å²) in [4.78, 5) is 66.7. The number of halogens is 3. The highest BCUT2D eigenvalue weighted by atomic mass is 19.4. The van der Waals surface area contributed by atoms with Crippen LogP contribution in [0.3, 0.4) is 0 Å². The monoisotopic (exact) mass is 616 g/mol. The van der Waals surface area contributed by atoms with E-state index in [1.807, 2.05) is 13.8 Å². The van der Waals surface area contributed by atoms with Crippen LogP contribution in [0.25, 0.3) is 0 Å². The number of hydrogen-bond donors (Lipinski definition) is 3. The van der Waals surface area contributed by atoms with Gasteiger partial charge in [-0.2, -0.15) is 0 Å². The molecule has 0 aromatic carbocycles. The fraction of sp³-hybridized carbons (Fsp3) is 0.828.